The average molecular weight is 356 g/mol. The van der Waals surface area contributed by atoms with E-state index in [1.54, 1.807) is 42.5 Å². The number of carbonyl (C=O) groups excluding carboxylic acids is 3. The number of hydrogen-bond donors (Lipinski definition) is 0. The van der Waals surface area contributed by atoms with Crippen LogP contribution in [0.25, 0.3) is 0 Å². The number of hydrogen-bond acceptors (Lipinski definition) is 3. The summed E-state index contributed by atoms with van der Waals surface area (Å²) in [5, 5.41) is 0.535. The van der Waals surface area contributed by atoms with Gasteiger partial charge in [0, 0.05) is 35.5 Å². The molecule has 0 spiro atoms. The Morgan fingerprint density at radius 2 is 1.72 bits per heavy atom. The predicted molar refractivity (Wildman–Crippen MR) is 95.8 cm³/mol. The molecule has 128 valence electrons. The van der Waals surface area contributed by atoms with Gasteiger partial charge in [-0.1, -0.05) is 29.8 Å². The van der Waals surface area contributed by atoms with E-state index in [1.807, 2.05) is 6.07 Å². The highest BCUT2D eigenvalue weighted by Crippen LogP contribution is 2.22. The highest BCUT2D eigenvalue weighted by Gasteiger charge is 2.24. The molecule has 0 unspecified atom stereocenters. The molecular formula is C20H18ClNO3. The first-order valence-electron chi connectivity index (χ1n) is 8.27. The molecule has 25 heavy (non-hydrogen) atoms. The molecule has 1 heterocycles. The van der Waals surface area contributed by atoms with Crippen LogP contribution in [0.1, 0.15) is 45.5 Å². The molecule has 4 nitrogen and oxygen atoms in total. The van der Waals surface area contributed by atoms with E-state index in [1.165, 1.54) is 4.90 Å². The molecule has 0 aliphatic carbocycles. The Hall–Kier alpha value is -2.46. The Labute approximate surface area is 151 Å². The zero-order chi connectivity index (χ0) is 17.8. The van der Waals surface area contributed by atoms with Gasteiger partial charge in [-0.3, -0.25) is 19.3 Å². The van der Waals surface area contributed by atoms with Crippen molar-refractivity contribution >= 4 is 29.2 Å². The summed E-state index contributed by atoms with van der Waals surface area (Å²) in [6.45, 7) is 0.251. The minimum atomic E-state index is -0.315. The zero-order valence-corrected chi connectivity index (χ0v) is 14.5. The van der Waals surface area contributed by atoms with Gasteiger partial charge in [0.15, 0.2) is 5.78 Å². The second kappa shape index (κ2) is 7.62. The maximum Gasteiger partial charge on any atom is 0.260 e. The van der Waals surface area contributed by atoms with Crippen LogP contribution in [0.4, 0.5) is 0 Å². The van der Waals surface area contributed by atoms with Crippen molar-refractivity contribution in [2.24, 2.45) is 0 Å². The fourth-order valence-corrected chi connectivity index (χ4v) is 3.22. The topological polar surface area (TPSA) is 54.5 Å². The third-order valence-corrected chi connectivity index (χ3v) is 4.56. The molecule has 0 fully saturated rings. The molecule has 0 bridgehead atoms. The lowest BCUT2D eigenvalue weighted by Crippen LogP contribution is -2.38. The first kappa shape index (κ1) is 17.4. The predicted octanol–water partition coefficient (Wildman–Crippen LogP) is 3.92. The lowest BCUT2D eigenvalue weighted by atomic mass is 9.96. The highest BCUT2D eigenvalue weighted by atomic mass is 35.5. The summed E-state index contributed by atoms with van der Waals surface area (Å²) in [5.74, 6) is -0.521. The van der Waals surface area contributed by atoms with E-state index in [0.29, 0.717) is 35.4 Å². The average Bonchev–Trinajstić information content (AvgIpc) is 2.63. The first-order valence-corrected chi connectivity index (χ1v) is 8.65. The van der Waals surface area contributed by atoms with Crippen LogP contribution in [-0.2, 0) is 11.2 Å². The first-order chi connectivity index (χ1) is 12.1. The normalized spacial score (nSPS) is 15.6. The van der Waals surface area contributed by atoms with Gasteiger partial charge in [0.2, 0.25) is 5.91 Å². The SMILES string of the molecule is O=C1CCCN(C(=O)c2ccccc2)C(=O)CCc2cc(Cl)ccc21. The lowest BCUT2D eigenvalue weighted by molar-refractivity contribution is -0.128. The summed E-state index contributed by atoms with van der Waals surface area (Å²) in [5.41, 5.74) is 1.86. The minimum Gasteiger partial charge on any atom is -0.294 e. The molecule has 0 N–H and O–H groups in total. The minimum absolute atomic E-state index is 0.0214. The molecule has 0 saturated carbocycles. The largest absolute Gasteiger partial charge is 0.294 e. The number of imide groups is 1. The van der Waals surface area contributed by atoms with Crippen LogP contribution in [0.2, 0.25) is 5.02 Å². The van der Waals surface area contributed by atoms with E-state index in [9.17, 15) is 14.4 Å². The van der Waals surface area contributed by atoms with Gasteiger partial charge in [0.1, 0.15) is 0 Å². The van der Waals surface area contributed by atoms with Gasteiger partial charge in [-0.25, -0.2) is 0 Å². The number of carbonyl (C=O) groups is 3. The fraction of sp³-hybridized carbons (Fsp3) is 0.250. The Morgan fingerprint density at radius 1 is 0.960 bits per heavy atom. The van der Waals surface area contributed by atoms with Crippen LogP contribution in [0.3, 0.4) is 0 Å². The zero-order valence-electron chi connectivity index (χ0n) is 13.7. The van der Waals surface area contributed by atoms with Crippen LogP contribution in [0, 0.1) is 0 Å². The summed E-state index contributed by atoms with van der Waals surface area (Å²) < 4.78 is 0. The number of ketones is 1. The summed E-state index contributed by atoms with van der Waals surface area (Å²) >= 11 is 6.03. The highest BCUT2D eigenvalue weighted by molar-refractivity contribution is 6.30. The van der Waals surface area contributed by atoms with Crippen LogP contribution in [0.5, 0.6) is 0 Å². The smallest absolute Gasteiger partial charge is 0.260 e. The van der Waals surface area contributed by atoms with Crippen molar-refractivity contribution in [1.29, 1.82) is 0 Å². The van der Waals surface area contributed by atoms with Gasteiger partial charge < -0.3 is 0 Å². The number of halogens is 1. The third kappa shape index (κ3) is 3.97. The van der Waals surface area contributed by atoms with E-state index >= 15 is 0 Å². The van der Waals surface area contributed by atoms with Crippen LogP contribution in [0.15, 0.2) is 48.5 Å². The molecule has 2 amide bonds. The van der Waals surface area contributed by atoms with E-state index in [0.717, 1.165) is 5.56 Å². The van der Waals surface area contributed by atoms with Crippen LogP contribution < -0.4 is 0 Å². The molecule has 3 rings (SSSR count). The second-order valence-corrected chi connectivity index (χ2v) is 6.48. The summed E-state index contributed by atoms with van der Waals surface area (Å²) in [7, 11) is 0. The maximum atomic E-state index is 12.7. The van der Waals surface area contributed by atoms with Crippen molar-refractivity contribution in [3.05, 3.63) is 70.2 Å². The van der Waals surface area contributed by atoms with Gasteiger partial charge in [-0.15, -0.1) is 0 Å². The number of nitrogens with zero attached hydrogens (tertiary/aromatic N) is 1. The van der Waals surface area contributed by atoms with Crippen molar-refractivity contribution in [3.8, 4) is 0 Å². The van der Waals surface area contributed by atoms with Gasteiger partial charge in [-0.2, -0.15) is 0 Å². The maximum absolute atomic E-state index is 12.7. The van der Waals surface area contributed by atoms with Crippen LogP contribution in [-0.4, -0.2) is 29.0 Å². The lowest BCUT2D eigenvalue weighted by Gasteiger charge is -2.22. The third-order valence-electron chi connectivity index (χ3n) is 4.33. The Balaban J connectivity index is 1.86. The summed E-state index contributed by atoms with van der Waals surface area (Å²) in [6.07, 6.45) is 1.30. The Morgan fingerprint density at radius 3 is 2.48 bits per heavy atom. The Kier molecular flexibility index (Phi) is 5.29. The van der Waals surface area contributed by atoms with Gasteiger partial charge >= 0.3 is 0 Å². The number of Topliss-reactive ketones (excluding diaryl/α,β-unsaturated/α-hetero) is 1. The van der Waals surface area contributed by atoms with Crippen molar-refractivity contribution in [2.75, 3.05) is 6.54 Å². The monoisotopic (exact) mass is 355 g/mol. The van der Waals surface area contributed by atoms with E-state index in [-0.39, 0.29) is 30.6 Å². The van der Waals surface area contributed by atoms with Crippen molar-refractivity contribution < 1.29 is 14.4 Å². The molecule has 0 aromatic heterocycles. The summed E-state index contributed by atoms with van der Waals surface area (Å²) in [4.78, 5) is 39.0. The van der Waals surface area contributed by atoms with Crippen molar-refractivity contribution in [3.63, 3.8) is 0 Å². The molecule has 0 atom stereocenters. The molecule has 1 aliphatic heterocycles. The molecular weight excluding hydrogens is 338 g/mol. The number of aryl methyl sites for hydroxylation is 1. The van der Waals surface area contributed by atoms with E-state index < -0.39 is 0 Å². The molecule has 2 aromatic rings. The fourth-order valence-electron chi connectivity index (χ4n) is 3.03. The second-order valence-electron chi connectivity index (χ2n) is 6.04. The quantitative estimate of drug-likeness (QED) is 0.728. The standard InChI is InChI=1S/C20H18ClNO3/c21-16-9-10-17-15(13-16)8-11-19(24)22(12-4-7-18(17)23)20(25)14-5-2-1-3-6-14/h1-3,5-6,9-10,13H,4,7-8,11-12H2. The number of rotatable bonds is 1. The Bertz CT molecular complexity index is 817. The molecule has 2 aromatic carbocycles. The number of amides is 2. The molecule has 5 heteroatoms. The van der Waals surface area contributed by atoms with Crippen molar-refractivity contribution in [2.45, 2.75) is 25.7 Å². The van der Waals surface area contributed by atoms with Gasteiger partial charge in [0.05, 0.1) is 0 Å². The molecule has 0 saturated heterocycles. The van der Waals surface area contributed by atoms with Gasteiger partial charge in [-0.05, 0) is 48.7 Å². The van der Waals surface area contributed by atoms with Crippen molar-refractivity contribution in [1.82, 2.24) is 4.90 Å². The summed E-state index contributed by atoms with van der Waals surface area (Å²) in [6, 6.07) is 13.9. The van der Waals surface area contributed by atoms with E-state index in [2.05, 4.69) is 0 Å². The van der Waals surface area contributed by atoms with Crippen LogP contribution >= 0.6 is 11.6 Å². The number of benzene rings is 2. The number of fused-ring (bicyclic) bond motifs is 1. The molecule has 0 radical (unpaired) electrons. The molecule has 1 aliphatic rings. The van der Waals surface area contributed by atoms with Gasteiger partial charge in [0.25, 0.3) is 5.91 Å². The van der Waals surface area contributed by atoms with E-state index in [4.69, 9.17) is 11.6 Å².